The Labute approximate surface area is 112 Å². The molecule has 0 aromatic rings. The van der Waals surface area contributed by atoms with E-state index in [0.29, 0.717) is 0 Å². The Morgan fingerprint density at radius 3 is 1.93 bits per heavy atom. The quantitative estimate of drug-likeness (QED) is 0.481. The van der Waals surface area contributed by atoms with Gasteiger partial charge >= 0.3 is 0 Å². The maximum absolute atomic E-state index is 5.95. The zero-order valence-corrected chi connectivity index (χ0v) is 13.1. The SMILES string of the molecule is CC[N+](CC)(CC)CC=C(Cl)CBr.[Br-]. The summed E-state index contributed by atoms with van der Waals surface area (Å²) in [5, 5.41) is 1.68. The number of likely N-dealkylation sites (N-methyl/N-ethyl adjacent to an activating group) is 1. The molecule has 4 heteroatoms. The molecule has 1 nitrogen and oxygen atoms in total. The van der Waals surface area contributed by atoms with Gasteiger partial charge in [0.2, 0.25) is 0 Å². The third kappa shape index (κ3) is 5.74. The first-order valence-corrected chi connectivity index (χ1v) is 6.39. The van der Waals surface area contributed by atoms with Gasteiger partial charge in [0.25, 0.3) is 0 Å². The molecular formula is C10H20Br2ClN. The van der Waals surface area contributed by atoms with E-state index in [0.717, 1.165) is 21.4 Å². The zero-order valence-electron chi connectivity index (χ0n) is 9.19. The number of allylic oxidation sites excluding steroid dienone is 1. The van der Waals surface area contributed by atoms with E-state index in [1.807, 2.05) is 0 Å². The van der Waals surface area contributed by atoms with Gasteiger partial charge in [-0.2, -0.15) is 0 Å². The van der Waals surface area contributed by atoms with Crippen molar-refractivity contribution in [3.63, 3.8) is 0 Å². The van der Waals surface area contributed by atoms with Gasteiger partial charge in [0.05, 0.1) is 26.2 Å². The predicted molar refractivity (Wildman–Crippen MR) is 64.5 cm³/mol. The third-order valence-corrected chi connectivity index (χ3v) is 4.06. The number of nitrogens with zero attached hydrogens (tertiary/aromatic N) is 1. The molecule has 0 aromatic heterocycles. The van der Waals surface area contributed by atoms with Crippen LogP contribution >= 0.6 is 27.5 Å². The highest BCUT2D eigenvalue weighted by Crippen LogP contribution is 2.10. The van der Waals surface area contributed by atoms with E-state index in [2.05, 4.69) is 42.8 Å². The van der Waals surface area contributed by atoms with Crippen LogP contribution in [-0.2, 0) is 0 Å². The summed E-state index contributed by atoms with van der Waals surface area (Å²) < 4.78 is 1.13. The van der Waals surface area contributed by atoms with Gasteiger partial charge in [0, 0.05) is 10.4 Å². The van der Waals surface area contributed by atoms with Crippen LogP contribution in [0.4, 0.5) is 0 Å². The molecule has 0 aliphatic carbocycles. The van der Waals surface area contributed by atoms with Crippen molar-refractivity contribution in [1.29, 1.82) is 0 Å². The van der Waals surface area contributed by atoms with Crippen LogP contribution in [0.1, 0.15) is 20.8 Å². The van der Waals surface area contributed by atoms with Crippen LogP contribution < -0.4 is 17.0 Å². The average molecular weight is 350 g/mol. The van der Waals surface area contributed by atoms with Gasteiger partial charge in [-0.3, -0.25) is 0 Å². The molecule has 0 atom stereocenters. The fourth-order valence-electron chi connectivity index (χ4n) is 1.41. The largest absolute Gasteiger partial charge is 1.00 e. The molecule has 0 radical (unpaired) electrons. The smallest absolute Gasteiger partial charge is 0.0988 e. The fourth-order valence-corrected chi connectivity index (χ4v) is 1.70. The topological polar surface area (TPSA) is 0 Å². The van der Waals surface area contributed by atoms with E-state index < -0.39 is 0 Å². The first kappa shape index (κ1) is 17.3. The molecule has 0 saturated heterocycles. The second kappa shape index (κ2) is 9.20. The summed E-state index contributed by atoms with van der Waals surface area (Å²) in [6, 6.07) is 0. The Morgan fingerprint density at radius 2 is 1.64 bits per heavy atom. The normalized spacial score (nSPS) is 12.5. The molecule has 0 heterocycles. The molecule has 0 rings (SSSR count). The first-order valence-electron chi connectivity index (χ1n) is 4.89. The van der Waals surface area contributed by atoms with E-state index in [9.17, 15) is 0 Å². The summed E-state index contributed by atoms with van der Waals surface area (Å²) in [5.41, 5.74) is 0. The number of quaternary nitrogens is 1. The molecular weight excluding hydrogens is 329 g/mol. The predicted octanol–water partition coefficient (Wildman–Crippen LogP) is 0.385. The molecule has 0 fully saturated rings. The second-order valence-electron chi connectivity index (χ2n) is 3.26. The monoisotopic (exact) mass is 347 g/mol. The Balaban J connectivity index is 0. The average Bonchev–Trinajstić information content (AvgIpc) is 2.20. The van der Waals surface area contributed by atoms with E-state index in [1.165, 1.54) is 19.6 Å². The van der Waals surface area contributed by atoms with Crippen LogP contribution in [0.3, 0.4) is 0 Å². The van der Waals surface area contributed by atoms with Crippen LogP contribution in [0.2, 0.25) is 0 Å². The second-order valence-corrected chi connectivity index (χ2v) is 4.30. The van der Waals surface area contributed by atoms with Crippen LogP contribution in [0.15, 0.2) is 11.1 Å². The van der Waals surface area contributed by atoms with Crippen molar-refractivity contribution in [2.75, 3.05) is 31.5 Å². The Morgan fingerprint density at radius 1 is 1.21 bits per heavy atom. The first-order chi connectivity index (χ1) is 6.14. The molecule has 14 heavy (non-hydrogen) atoms. The van der Waals surface area contributed by atoms with E-state index in [4.69, 9.17) is 11.6 Å². The van der Waals surface area contributed by atoms with Gasteiger partial charge in [-0.05, 0) is 26.8 Å². The lowest BCUT2D eigenvalue weighted by molar-refractivity contribution is -0.917. The summed E-state index contributed by atoms with van der Waals surface area (Å²) in [4.78, 5) is 0. The molecule has 0 aliphatic heterocycles. The number of halogens is 3. The van der Waals surface area contributed by atoms with E-state index in [1.54, 1.807) is 0 Å². The Bertz CT molecular complexity index is 159. The summed E-state index contributed by atoms with van der Waals surface area (Å²) in [6.07, 6.45) is 2.13. The highest BCUT2D eigenvalue weighted by Gasteiger charge is 2.18. The molecule has 0 bridgehead atoms. The Hall–Kier alpha value is 0.950. The van der Waals surface area contributed by atoms with E-state index in [-0.39, 0.29) is 17.0 Å². The van der Waals surface area contributed by atoms with Gasteiger partial charge in [-0.1, -0.05) is 27.5 Å². The molecule has 0 aliphatic rings. The van der Waals surface area contributed by atoms with Crippen molar-refractivity contribution in [3.05, 3.63) is 11.1 Å². The van der Waals surface area contributed by atoms with Crippen molar-refractivity contribution in [3.8, 4) is 0 Å². The number of hydrogen-bond acceptors (Lipinski definition) is 0. The zero-order chi connectivity index (χ0) is 10.3. The molecule has 0 N–H and O–H groups in total. The van der Waals surface area contributed by atoms with Crippen LogP contribution in [0.5, 0.6) is 0 Å². The van der Waals surface area contributed by atoms with Gasteiger partial charge in [0.1, 0.15) is 0 Å². The molecule has 86 valence electrons. The lowest BCUT2D eigenvalue weighted by Gasteiger charge is -2.34. The lowest BCUT2D eigenvalue weighted by atomic mass is 10.3. The van der Waals surface area contributed by atoms with Gasteiger partial charge in [-0.15, -0.1) is 0 Å². The molecule has 0 spiro atoms. The van der Waals surface area contributed by atoms with Gasteiger partial charge in [0.15, 0.2) is 0 Å². The summed E-state index contributed by atoms with van der Waals surface area (Å²) in [6.45, 7) is 11.3. The van der Waals surface area contributed by atoms with Crippen LogP contribution in [0.25, 0.3) is 0 Å². The minimum Gasteiger partial charge on any atom is -1.00 e. The van der Waals surface area contributed by atoms with Crippen LogP contribution in [-0.4, -0.2) is 36.0 Å². The van der Waals surface area contributed by atoms with Gasteiger partial charge < -0.3 is 21.5 Å². The maximum atomic E-state index is 5.95. The van der Waals surface area contributed by atoms with Crippen molar-refractivity contribution in [2.24, 2.45) is 0 Å². The third-order valence-electron chi connectivity index (χ3n) is 2.84. The fraction of sp³-hybridized carbons (Fsp3) is 0.800. The molecule has 0 saturated carbocycles. The minimum atomic E-state index is 0. The highest BCUT2D eigenvalue weighted by atomic mass is 79.9. The Kier molecular flexibility index (Phi) is 11.4. The maximum Gasteiger partial charge on any atom is 0.0988 e. The number of alkyl halides is 1. The molecule has 0 unspecified atom stereocenters. The summed E-state index contributed by atoms with van der Waals surface area (Å²) >= 11 is 9.29. The van der Waals surface area contributed by atoms with Crippen LogP contribution in [0, 0.1) is 0 Å². The summed E-state index contributed by atoms with van der Waals surface area (Å²) in [7, 11) is 0. The highest BCUT2D eigenvalue weighted by molar-refractivity contribution is 9.09. The standard InChI is InChI=1S/C10H20BrClN.BrH/c1-4-13(5-2,6-3)8-7-10(12)9-11;/h7H,4-6,8-9H2,1-3H3;1H/q+1;/p-1. The molecule has 0 aromatic carbocycles. The van der Waals surface area contributed by atoms with Crippen molar-refractivity contribution >= 4 is 27.5 Å². The number of rotatable bonds is 6. The summed E-state index contributed by atoms with van der Waals surface area (Å²) in [5.74, 6) is 0. The minimum absolute atomic E-state index is 0. The lowest BCUT2D eigenvalue weighted by Crippen LogP contribution is -3.00. The van der Waals surface area contributed by atoms with Crippen molar-refractivity contribution < 1.29 is 21.5 Å². The van der Waals surface area contributed by atoms with Crippen molar-refractivity contribution in [1.82, 2.24) is 0 Å². The van der Waals surface area contributed by atoms with E-state index >= 15 is 0 Å². The molecule has 0 amide bonds. The van der Waals surface area contributed by atoms with Crippen molar-refractivity contribution in [2.45, 2.75) is 20.8 Å². The number of hydrogen-bond donors (Lipinski definition) is 0. The van der Waals surface area contributed by atoms with Gasteiger partial charge in [-0.25, -0.2) is 0 Å².